The second kappa shape index (κ2) is 4.14. The summed E-state index contributed by atoms with van der Waals surface area (Å²) in [6.07, 6.45) is -3.44. The molecule has 0 bridgehead atoms. The maximum atomic E-state index is 14.3. The molecule has 1 aromatic heterocycles. The molecule has 0 spiro atoms. The first-order chi connectivity index (χ1) is 9.42. The summed E-state index contributed by atoms with van der Waals surface area (Å²) in [7, 11) is 1.59. The van der Waals surface area contributed by atoms with E-state index in [2.05, 4.69) is 10.3 Å². The van der Waals surface area contributed by atoms with Gasteiger partial charge in [0.2, 0.25) is 0 Å². The van der Waals surface area contributed by atoms with Crippen molar-refractivity contribution in [1.29, 1.82) is 0 Å². The van der Waals surface area contributed by atoms with Gasteiger partial charge in [0, 0.05) is 13.2 Å². The van der Waals surface area contributed by atoms with E-state index in [0.29, 0.717) is 5.82 Å². The quantitative estimate of drug-likeness (QED) is 0.635. The van der Waals surface area contributed by atoms with Gasteiger partial charge in [-0.25, -0.2) is 9.18 Å². The summed E-state index contributed by atoms with van der Waals surface area (Å²) in [6, 6.07) is 1.47. The van der Waals surface area contributed by atoms with Gasteiger partial charge in [0.25, 0.3) is 0 Å². The topological polar surface area (TPSA) is 96.6 Å². The number of nitrogens with zero attached hydrogens (tertiary/aromatic N) is 2. The van der Waals surface area contributed by atoms with Crippen LogP contribution in [0, 0.1) is 0 Å². The van der Waals surface area contributed by atoms with Crippen molar-refractivity contribution in [3.63, 3.8) is 0 Å². The highest BCUT2D eigenvalue weighted by atomic mass is 35.5. The maximum absolute atomic E-state index is 14.3. The predicted octanol–water partition coefficient (Wildman–Crippen LogP) is -0.765. The van der Waals surface area contributed by atoms with Crippen LogP contribution >= 0.6 is 11.6 Å². The van der Waals surface area contributed by atoms with E-state index >= 15 is 0 Å². The number of aliphatic hydroxyl groups excluding tert-OH is 1. The zero-order valence-corrected chi connectivity index (χ0v) is 11.2. The Balaban J connectivity index is 1.97. The normalized spacial score (nSPS) is 42.4. The van der Waals surface area contributed by atoms with Crippen LogP contribution in [0.5, 0.6) is 0 Å². The van der Waals surface area contributed by atoms with Crippen LogP contribution in [0.15, 0.2) is 17.1 Å². The third-order valence-corrected chi connectivity index (χ3v) is 4.41. The van der Waals surface area contributed by atoms with Crippen molar-refractivity contribution in [1.82, 2.24) is 9.55 Å². The van der Waals surface area contributed by atoms with Crippen LogP contribution in [-0.4, -0.2) is 56.2 Å². The Kier molecular flexibility index (Phi) is 2.85. The minimum Gasteiger partial charge on any atom is -0.387 e. The number of hydrogen-bond donors (Lipinski definition) is 3. The third-order valence-electron chi connectivity index (χ3n) is 4.01. The van der Waals surface area contributed by atoms with Crippen molar-refractivity contribution in [3.8, 4) is 0 Å². The van der Waals surface area contributed by atoms with Crippen molar-refractivity contribution in [2.24, 2.45) is 0 Å². The number of ether oxygens (including phenoxy) is 1. The van der Waals surface area contributed by atoms with E-state index < -0.39 is 35.4 Å². The monoisotopic (exact) mass is 305 g/mol. The standard InChI is InChI=1S/C11H13ClFN3O4/c1-14-5-2-3-16(9(18)15-5)7-6(13)11(19)8(17)10(11,4-12)20-7/h2-3,6-8,17,19H,4H2,1H3,(H,14,15,18)/t6-,7+,8?,10+,11+/m0/s1. The molecule has 110 valence electrons. The van der Waals surface area contributed by atoms with Gasteiger partial charge in [-0.15, -0.1) is 11.6 Å². The van der Waals surface area contributed by atoms with E-state index in [9.17, 15) is 19.4 Å². The third kappa shape index (κ3) is 1.39. The van der Waals surface area contributed by atoms with E-state index in [1.165, 1.54) is 12.3 Å². The van der Waals surface area contributed by atoms with Crippen LogP contribution in [-0.2, 0) is 4.74 Å². The van der Waals surface area contributed by atoms with E-state index in [1.54, 1.807) is 7.05 Å². The molecule has 5 atom stereocenters. The fourth-order valence-electron chi connectivity index (χ4n) is 2.69. The predicted molar refractivity (Wildman–Crippen MR) is 67.5 cm³/mol. The van der Waals surface area contributed by atoms with Crippen LogP contribution in [0.4, 0.5) is 10.2 Å². The van der Waals surface area contributed by atoms with Gasteiger partial charge in [-0.2, -0.15) is 4.98 Å². The number of halogens is 2. The van der Waals surface area contributed by atoms with Gasteiger partial charge in [0.05, 0.1) is 5.88 Å². The molecule has 1 aromatic rings. The first kappa shape index (κ1) is 13.7. The number of alkyl halides is 2. The highest BCUT2D eigenvalue weighted by Gasteiger charge is 2.87. The summed E-state index contributed by atoms with van der Waals surface area (Å²) in [5.74, 6) is 0.0499. The van der Waals surface area contributed by atoms with Crippen molar-refractivity contribution in [2.45, 2.75) is 29.7 Å². The molecule has 3 N–H and O–H groups in total. The van der Waals surface area contributed by atoms with E-state index in [0.717, 1.165) is 4.57 Å². The van der Waals surface area contributed by atoms with Gasteiger partial charge in [0.1, 0.15) is 17.5 Å². The van der Waals surface area contributed by atoms with E-state index in [1.807, 2.05) is 0 Å². The van der Waals surface area contributed by atoms with Gasteiger partial charge < -0.3 is 20.3 Å². The molecule has 2 aliphatic rings. The van der Waals surface area contributed by atoms with E-state index in [4.69, 9.17) is 16.3 Å². The average Bonchev–Trinajstić information content (AvgIpc) is 2.81. The molecule has 0 radical (unpaired) electrons. The van der Waals surface area contributed by atoms with Gasteiger partial charge in [0.15, 0.2) is 18.0 Å². The molecule has 0 aromatic carbocycles. The molecule has 7 nitrogen and oxygen atoms in total. The number of hydrogen-bond acceptors (Lipinski definition) is 6. The molecule has 1 saturated carbocycles. The Morgan fingerprint density at radius 1 is 1.70 bits per heavy atom. The highest BCUT2D eigenvalue weighted by Crippen LogP contribution is 2.63. The lowest BCUT2D eigenvalue weighted by Crippen LogP contribution is -2.38. The Morgan fingerprint density at radius 2 is 2.40 bits per heavy atom. The summed E-state index contributed by atoms with van der Waals surface area (Å²) < 4.78 is 20.6. The van der Waals surface area contributed by atoms with Crippen LogP contribution in [0.2, 0.25) is 0 Å². The molecule has 9 heteroatoms. The number of fused-ring (bicyclic) bond motifs is 1. The molecule has 20 heavy (non-hydrogen) atoms. The van der Waals surface area contributed by atoms with Crippen molar-refractivity contribution < 1.29 is 19.3 Å². The average molecular weight is 306 g/mol. The van der Waals surface area contributed by atoms with Gasteiger partial charge in [-0.1, -0.05) is 0 Å². The largest absolute Gasteiger partial charge is 0.387 e. The van der Waals surface area contributed by atoms with Crippen molar-refractivity contribution in [3.05, 3.63) is 22.7 Å². The molecule has 1 unspecified atom stereocenters. The fourth-order valence-corrected chi connectivity index (χ4v) is 3.11. The van der Waals surface area contributed by atoms with Crippen LogP contribution in [0.3, 0.4) is 0 Å². The molecule has 3 rings (SSSR count). The van der Waals surface area contributed by atoms with Crippen LogP contribution < -0.4 is 11.0 Å². The minimum atomic E-state index is -2.08. The number of aliphatic hydroxyl groups is 2. The van der Waals surface area contributed by atoms with Crippen LogP contribution in [0.25, 0.3) is 0 Å². The van der Waals surface area contributed by atoms with Crippen LogP contribution in [0.1, 0.15) is 6.23 Å². The second-order valence-electron chi connectivity index (χ2n) is 4.91. The Labute approximate surface area is 118 Å². The summed E-state index contributed by atoms with van der Waals surface area (Å²) >= 11 is 5.66. The molecule has 1 saturated heterocycles. The molecule has 1 aliphatic carbocycles. The molecule has 2 fully saturated rings. The molecule has 2 heterocycles. The molecular weight excluding hydrogens is 293 g/mol. The highest BCUT2D eigenvalue weighted by molar-refractivity contribution is 6.19. The molecule has 0 amide bonds. The SMILES string of the molecule is CNc1ccn([C@@H]2O[C@]3(CCl)C(O)[C@]3(O)[C@H]2F)c(=O)n1. The zero-order chi connectivity index (χ0) is 14.7. The zero-order valence-electron chi connectivity index (χ0n) is 10.5. The summed E-state index contributed by atoms with van der Waals surface area (Å²) in [6.45, 7) is 0. The minimum absolute atomic E-state index is 0.279. The number of anilines is 1. The Hall–Kier alpha value is -1.22. The van der Waals surface area contributed by atoms with Crippen molar-refractivity contribution >= 4 is 17.4 Å². The molecule has 1 aliphatic heterocycles. The Morgan fingerprint density at radius 3 is 2.90 bits per heavy atom. The van der Waals surface area contributed by atoms with Crippen molar-refractivity contribution in [2.75, 3.05) is 18.2 Å². The Bertz CT molecular complexity index is 610. The summed E-state index contributed by atoms with van der Waals surface area (Å²) in [4.78, 5) is 15.5. The maximum Gasteiger partial charge on any atom is 0.351 e. The van der Waals surface area contributed by atoms with Gasteiger partial charge in [-0.05, 0) is 6.07 Å². The lowest BCUT2D eigenvalue weighted by atomic mass is 10.1. The first-order valence-electron chi connectivity index (χ1n) is 5.97. The lowest BCUT2D eigenvalue weighted by molar-refractivity contribution is -0.0867. The summed E-state index contributed by atoms with van der Waals surface area (Å²) in [5.41, 5.74) is -4.38. The second-order valence-corrected chi connectivity index (χ2v) is 5.18. The smallest absolute Gasteiger partial charge is 0.351 e. The van der Waals surface area contributed by atoms with Gasteiger partial charge >= 0.3 is 5.69 Å². The molecular formula is C11H13ClFN3O4. The van der Waals surface area contributed by atoms with E-state index in [-0.39, 0.29) is 5.88 Å². The number of rotatable bonds is 3. The number of nitrogens with one attached hydrogen (secondary N) is 1. The first-order valence-corrected chi connectivity index (χ1v) is 6.51. The van der Waals surface area contributed by atoms with Gasteiger partial charge in [-0.3, -0.25) is 4.57 Å². The fraction of sp³-hybridized carbons (Fsp3) is 0.636. The summed E-state index contributed by atoms with van der Waals surface area (Å²) in [5, 5.41) is 22.4. The lowest BCUT2D eigenvalue weighted by Gasteiger charge is -2.21. The number of aromatic nitrogens is 2.